The molecule has 1 atom stereocenters. The van der Waals surface area contributed by atoms with E-state index in [1.54, 1.807) is 0 Å². The lowest BCUT2D eigenvalue weighted by Gasteiger charge is -2.14. The molecule has 1 aromatic heterocycles. The quantitative estimate of drug-likeness (QED) is 0.677. The van der Waals surface area contributed by atoms with Crippen LogP contribution in [-0.4, -0.2) is 15.0 Å². The van der Waals surface area contributed by atoms with Gasteiger partial charge in [-0.15, -0.1) is 5.10 Å². The molecule has 3 nitrogen and oxygen atoms in total. The van der Waals surface area contributed by atoms with Crippen LogP contribution in [0.1, 0.15) is 79.1 Å². The molecule has 0 amide bonds. The van der Waals surface area contributed by atoms with Gasteiger partial charge in [-0.3, -0.25) is 4.68 Å². The SMILES string of the molecule is CC.CC.CC.CC1CCCc2c(nnn2C)CC1. The zero-order chi connectivity index (χ0) is 15.3. The number of hydrogen-bond donors (Lipinski definition) is 0. The first-order valence-electron chi connectivity index (χ1n) is 8.15. The fourth-order valence-corrected chi connectivity index (χ4v) is 2.07. The van der Waals surface area contributed by atoms with Crippen LogP contribution in [0.15, 0.2) is 0 Å². The molecule has 3 heteroatoms. The molecule has 1 aliphatic carbocycles. The smallest absolute Gasteiger partial charge is 0.0859 e. The third kappa shape index (κ3) is 7.34. The van der Waals surface area contributed by atoms with E-state index in [1.165, 1.54) is 30.7 Å². The molecule has 1 aliphatic rings. The Hall–Kier alpha value is -0.860. The molecule has 19 heavy (non-hydrogen) atoms. The van der Waals surface area contributed by atoms with Crippen molar-refractivity contribution in [3.63, 3.8) is 0 Å². The second-order valence-electron chi connectivity index (χ2n) is 4.14. The Kier molecular flexibility index (Phi) is 14.6. The van der Waals surface area contributed by atoms with E-state index in [9.17, 15) is 0 Å². The van der Waals surface area contributed by atoms with Gasteiger partial charge >= 0.3 is 0 Å². The van der Waals surface area contributed by atoms with Crippen molar-refractivity contribution >= 4 is 0 Å². The molecule has 0 saturated heterocycles. The Labute approximate surface area is 120 Å². The molecule has 0 N–H and O–H groups in total. The first kappa shape index (κ1) is 20.5. The summed E-state index contributed by atoms with van der Waals surface area (Å²) in [5, 5.41) is 8.28. The molecule has 2 rings (SSSR count). The van der Waals surface area contributed by atoms with Gasteiger partial charge in [0.15, 0.2) is 0 Å². The molecule has 1 aromatic rings. The van der Waals surface area contributed by atoms with Gasteiger partial charge in [0.2, 0.25) is 0 Å². The van der Waals surface area contributed by atoms with Crippen LogP contribution in [-0.2, 0) is 19.9 Å². The lowest BCUT2D eigenvalue weighted by molar-refractivity contribution is 0.456. The average molecular weight is 269 g/mol. The Balaban J connectivity index is 0. The number of nitrogens with zero attached hydrogens (tertiary/aromatic N) is 3. The molecule has 0 fully saturated rings. The fraction of sp³-hybridized carbons (Fsp3) is 0.875. The first-order chi connectivity index (χ1) is 9.27. The van der Waals surface area contributed by atoms with E-state index in [1.807, 2.05) is 53.3 Å². The third-order valence-corrected chi connectivity index (χ3v) is 3.01. The Morgan fingerprint density at radius 1 is 0.947 bits per heavy atom. The number of rotatable bonds is 0. The molecular formula is C16H35N3. The molecule has 0 spiro atoms. The van der Waals surface area contributed by atoms with E-state index < -0.39 is 0 Å². The van der Waals surface area contributed by atoms with Crippen molar-refractivity contribution in [2.75, 3.05) is 0 Å². The molecule has 0 aromatic carbocycles. The van der Waals surface area contributed by atoms with E-state index in [-0.39, 0.29) is 0 Å². The van der Waals surface area contributed by atoms with Gasteiger partial charge in [-0.05, 0) is 31.6 Å². The molecule has 0 bridgehead atoms. The van der Waals surface area contributed by atoms with Gasteiger partial charge in [-0.1, -0.05) is 60.1 Å². The van der Waals surface area contributed by atoms with E-state index in [0.717, 1.165) is 18.8 Å². The standard InChI is InChI=1S/C10H17N3.3C2H6/c1-8-4-3-5-10-9(7-6-8)11-12-13(10)2;3*1-2/h8H,3-7H2,1-2H3;3*1-2H3. The summed E-state index contributed by atoms with van der Waals surface area (Å²) in [5.41, 5.74) is 2.58. The molecular weight excluding hydrogens is 234 g/mol. The normalized spacial score (nSPS) is 16.9. The summed E-state index contributed by atoms with van der Waals surface area (Å²) in [6, 6.07) is 0. The summed E-state index contributed by atoms with van der Waals surface area (Å²) in [6.45, 7) is 14.3. The molecule has 0 saturated carbocycles. The summed E-state index contributed by atoms with van der Waals surface area (Å²) in [4.78, 5) is 0. The Morgan fingerprint density at radius 2 is 1.53 bits per heavy atom. The summed E-state index contributed by atoms with van der Waals surface area (Å²) in [5.74, 6) is 0.857. The van der Waals surface area contributed by atoms with Crippen molar-refractivity contribution in [3.05, 3.63) is 11.4 Å². The number of aromatic nitrogens is 3. The predicted octanol–water partition coefficient (Wildman–Crippen LogP) is 4.80. The molecule has 1 heterocycles. The second kappa shape index (κ2) is 13.6. The molecule has 114 valence electrons. The maximum atomic E-state index is 4.21. The van der Waals surface area contributed by atoms with Crippen molar-refractivity contribution in [1.29, 1.82) is 0 Å². The van der Waals surface area contributed by atoms with Crippen molar-refractivity contribution in [2.45, 2.75) is 80.6 Å². The van der Waals surface area contributed by atoms with Crippen LogP contribution in [0.2, 0.25) is 0 Å². The Bertz CT molecular complexity index is 292. The van der Waals surface area contributed by atoms with E-state index in [0.29, 0.717) is 0 Å². The van der Waals surface area contributed by atoms with E-state index in [2.05, 4.69) is 17.2 Å². The highest BCUT2D eigenvalue weighted by Crippen LogP contribution is 2.21. The van der Waals surface area contributed by atoms with Crippen LogP contribution in [0.3, 0.4) is 0 Å². The zero-order valence-electron chi connectivity index (χ0n) is 14.5. The van der Waals surface area contributed by atoms with Crippen LogP contribution in [0, 0.1) is 5.92 Å². The Morgan fingerprint density at radius 3 is 2.11 bits per heavy atom. The van der Waals surface area contributed by atoms with E-state index in [4.69, 9.17) is 0 Å². The van der Waals surface area contributed by atoms with Gasteiger partial charge in [-0.25, -0.2) is 0 Å². The highest BCUT2D eigenvalue weighted by atomic mass is 15.4. The average Bonchev–Trinajstić information content (AvgIpc) is 2.81. The number of aryl methyl sites for hydroxylation is 2. The summed E-state index contributed by atoms with van der Waals surface area (Å²) >= 11 is 0. The first-order valence-corrected chi connectivity index (χ1v) is 8.15. The van der Waals surface area contributed by atoms with Gasteiger partial charge in [0.05, 0.1) is 11.4 Å². The van der Waals surface area contributed by atoms with Crippen LogP contribution in [0.5, 0.6) is 0 Å². The highest BCUT2D eigenvalue weighted by Gasteiger charge is 2.15. The minimum absolute atomic E-state index is 0.857. The number of fused-ring (bicyclic) bond motifs is 1. The lowest BCUT2D eigenvalue weighted by Crippen LogP contribution is -2.07. The number of hydrogen-bond acceptors (Lipinski definition) is 2. The lowest BCUT2D eigenvalue weighted by atomic mass is 9.93. The molecule has 1 unspecified atom stereocenters. The fourth-order valence-electron chi connectivity index (χ4n) is 2.07. The minimum Gasteiger partial charge on any atom is -0.252 e. The summed E-state index contributed by atoms with van der Waals surface area (Å²) in [7, 11) is 2.00. The van der Waals surface area contributed by atoms with Crippen molar-refractivity contribution in [2.24, 2.45) is 13.0 Å². The van der Waals surface area contributed by atoms with Crippen molar-refractivity contribution < 1.29 is 0 Å². The zero-order valence-corrected chi connectivity index (χ0v) is 14.5. The van der Waals surface area contributed by atoms with Gasteiger partial charge in [-0.2, -0.15) is 0 Å². The maximum Gasteiger partial charge on any atom is 0.0859 e. The van der Waals surface area contributed by atoms with Crippen LogP contribution < -0.4 is 0 Å². The topological polar surface area (TPSA) is 30.7 Å². The van der Waals surface area contributed by atoms with Crippen LogP contribution in [0.25, 0.3) is 0 Å². The second-order valence-corrected chi connectivity index (χ2v) is 4.14. The predicted molar refractivity (Wildman–Crippen MR) is 85.5 cm³/mol. The summed E-state index contributed by atoms with van der Waals surface area (Å²) < 4.78 is 1.94. The van der Waals surface area contributed by atoms with Crippen LogP contribution >= 0.6 is 0 Å². The van der Waals surface area contributed by atoms with E-state index >= 15 is 0 Å². The van der Waals surface area contributed by atoms with Crippen LogP contribution in [0.4, 0.5) is 0 Å². The van der Waals surface area contributed by atoms with Crippen molar-refractivity contribution in [3.8, 4) is 0 Å². The van der Waals surface area contributed by atoms with Crippen molar-refractivity contribution in [1.82, 2.24) is 15.0 Å². The minimum atomic E-state index is 0.857. The molecule has 0 aliphatic heterocycles. The van der Waals surface area contributed by atoms with Gasteiger partial charge < -0.3 is 0 Å². The highest BCUT2D eigenvalue weighted by molar-refractivity contribution is 5.11. The van der Waals surface area contributed by atoms with Gasteiger partial charge in [0.25, 0.3) is 0 Å². The van der Waals surface area contributed by atoms with Gasteiger partial charge in [0.1, 0.15) is 0 Å². The molecule has 0 radical (unpaired) electrons. The maximum absolute atomic E-state index is 4.21. The summed E-state index contributed by atoms with van der Waals surface area (Å²) in [6.07, 6.45) is 6.18. The monoisotopic (exact) mass is 269 g/mol. The third-order valence-electron chi connectivity index (χ3n) is 3.01. The largest absolute Gasteiger partial charge is 0.252 e. The van der Waals surface area contributed by atoms with Gasteiger partial charge in [0, 0.05) is 7.05 Å².